The van der Waals surface area contributed by atoms with Crippen molar-refractivity contribution in [1.29, 1.82) is 0 Å². The smallest absolute Gasteiger partial charge is 0.164 e. The van der Waals surface area contributed by atoms with Crippen molar-refractivity contribution in [2.24, 2.45) is 0 Å². The summed E-state index contributed by atoms with van der Waals surface area (Å²) < 4.78 is 11.4. The van der Waals surface area contributed by atoms with Crippen LogP contribution in [0, 0.1) is 0 Å². The van der Waals surface area contributed by atoms with Crippen LogP contribution in [-0.4, -0.2) is 24.1 Å². The summed E-state index contributed by atoms with van der Waals surface area (Å²) in [5.74, 6) is 1.87. The first-order valence-electron chi connectivity index (χ1n) is 21.2. The molecule has 0 saturated carbocycles. The Morgan fingerprint density at radius 1 is 0.270 bits per heavy atom. The number of para-hydroxylation sites is 3. The maximum Gasteiger partial charge on any atom is 0.164 e. The van der Waals surface area contributed by atoms with Crippen molar-refractivity contribution in [3.05, 3.63) is 212 Å². The molecule has 0 amide bonds. The van der Waals surface area contributed by atoms with Gasteiger partial charge in [0.2, 0.25) is 0 Å². The minimum atomic E-state index is 0.615. The standard InChI is InChI=1S/C57H35N5O/c1-3-13-36(14-4-1)37-23-25-39(26-24-37)56-58-55(38-15-5-2-6-16-38)59-57(60-56)40-27-29-41(30-28-40)61-51-22-12-9-19-45(51)47-34-48-46-32-31-42(33-53(46)63-54(48)35-52(47)61)62-49-20-10-7-17-43(49)44-18-8-11-21-50(44)62/h1-35H. The Labute approximate surface area is 361 Å². The molecule has 0 radical (unpaired) electrons. The molecule has 0 fully saturated rings. The van der Waals surface area contributed by atoms with Crippen LogP contribution in [0.3, 0.4) is 0 Å². The molecule has 0 aliphatic heterocycles. The number of fused-ring (bicyclic) bond motifs is 9. The Morgan fingerprint density at radius 3 is 1.27 bits per heavy atom. The van der Waals surface area contributed by atoms with Gasteiger partial charge in [0.05, 0.1) is 22.1 Å². The van der Waals surface area contributed by atoms with Gasteiger partial charge in [0.25, 0.3) is 0 Å². The van der Waals surface area contributed by atoms with E-state index < -0.39 is 0 Å². The van der Waals surface area contributed by atoms with Crippen molar-refractivity contribution in [2.45, 2.75) is 0 Å². The Morgan fingerprint density at radius 2 is 0.683 bits per heavy atom. The summed E-state index contributed by atoms with van der Waals surface area (Å²) in [7, 11) is 0. The molecular weight excluding hydrogens is 771 g/mol. The number of furan rings is 1. The molecule has 9 aromatic carbocycles. The predicted octanol–water partition coefficient (Wildman–Crippen LogP) is 14.6. The highest BCUT2D eigenvalue weighted by Gasteiger charge is 2.19. The van der Waals surface area contributed by atoms with E-state index in [1.54, 1.807) is 0 Å². The van der Waals surface area contributed by atoms with Gasteiger partial charge in [0.1, 0.15) is 11.2 Å². The molecule has 0 aliphatic rings. The lowest BCUT2D eigenvalue weighted by atomic mass is 10.0. The largest absolute Gasteiger partial charge is 0.456 e. The molecular formula is C57H35N5O. The molecule has 294 valence electrons. The summed E-state index contributed by atoms with van der Waals surface area (Å²) >= 11 is 0. The fourth-order valence-electron chi connectivity index (χ4n) is 9.40. The third kappa shape index (κ3) is 5.69. The van der Waals surface area contributed by atoms with Crippen molar-refractivity contribution in [3.8, 4) is 56.7 Å². The minimum absolute atomic E-state index is 0.615. The van der Waals surface area contributed by atoms with Crippen LogP contribution >= 0.6 is 0 Å². The number of hydrogen-bond donors (Lipinski definition) is 0. The first-order valence-corrected chi connectivity index (χ1v) is 21.2. The summed E-state index contributed by atoms with van der Waals surface area (Å²) in [5.41, 5.74) is 13.4. The molecule has 13 aromatic rings. The number of hydrogen-bond acceptors (Lipinski definition) is 4. The van der Waals surface area contributed by atoms with Gasteiger partial charge in [-0.15, -0.1) is 0 Å². The zero-order chi connectivity index (χ0) is 41.4. The van der Waals surface area contributed by atoms with Crippen molar-refractivity contribution < 1.29 is 4.42 Å². The van der Waals surface area contributed by atoms with Crippen LogP contribution in [0.2, 0.25) is 0 Å². The van der Waals surface area contributed by atoms with Crippen molar-refractivity contribution in [3.63, 3.8) is 0 Å². The van der Waals surface area contributed by atoms with Crippen LogP contribution in [0.15, 0.2) is 217 Å². The second-order valence-corrected chi connectivity index (χ2v) is 16.0. The van der Waals surface area contributed by atoms with Gasteiger partial charge in [-0.25, -0.2) is 15.0 Å². The van der Waals surface area contributed by atoms with Gasteiger partial charge in [-0.1, -0.05) is 140 Å². The summed E-state index contributed by atoms with van der Waals surface area (Å²) in [6, 6.07) is 74.4. The molecule has 6 nitrogen and oxygen atoms in total. The summed E-state index contributed by atoms with van der Waals surface area (Å²) in [6.45, 7) is 0. The minimum Gasteiger partial charge on any atom is -0.456 e. The van der Waals surface area contributed by atoms with Crippen LogP contribution in [0.5, 0.6) is 0 Å². The highest BCUT2D eigenvalue weighted by atomic mass is 16.3. The molecule has 63 heavy (non-hydrogen) atoms. The number of aromatic nitrogens is 5. The van der Waals surface area contributed by atoms with Gasteiger partial charge in [-0.2, -0.15) is 0 Å². The van der Waals surface area contributed by atoms with Gasteiger partial charge < -0.3 is 13.6 Å². The molecule has 13 rings (SSSR count). The Bertz CT molecular complexity index is 3830. The van der Waals surface area contributed by atoms with E-state index >= 15 is 0 Å². The molecule has 0 N–H and O–H groups in total. The molecule has 0 unspecified atom stereocenters. The fourth-order valence-corrected chi connectivity index (χ4v) is 9.40. The average molecular weight is 806 g/mol. The lowest BCUT2D eigenvalue weighted by Gasteiger charge is -2.11. The molecule has 0 aliphatic carbocycles. The Hall–Kier alpha value is -8.61. The van der Waals surface area contributed by atoms with Crippen molar-refractivity contribution in [1.82, 2.24) is 24.1 Å². The van der Waals surface area contributed by atoms with Gasteiger partial charge in [0, 0.05) is 72.5 Å². The van der Waals surface area contributed by atoms with E-state index in [1.165, 1.54) is 38.1 Å². The zero-order valence-electron chi connectivity index (χ0n) is 33.9. The molecule has 6 heteroatoms. The third-order valence-electron chi connectivity index (χ3n) is 12.4. The number of rotatable bonds is 6. The molecule has 0 bridgehead atoms. The average Bonchev–Trinajstić information content (AvgIpc) is 4.00. The summed E-state index contributed by atoms with van der Waals surface area (Å²) in [4.78, 5) is 15.1. The van der Waals surface area contributed by atoms with E-state index in [1.807, 2.05) is 36.4 Å². The van der Waals surface area contributed by atoms with Gasteiger partial charge in [-0.3, -0.25) is 0 Å². The monoisotopic (exact) mass is 805 g/mol. The molecule has 0 atom stereocenters. The fraction of sp³-hybridized carbons (Fsp3) is 0. The lowest BCUT2D eigenvalue weighted by molar-refractivity contribution is 0.669. The van der Waals surface area contributed by atoms with Crippen molar-refractivity contribution >= 4 is 65.6 Å². The lowest BCUT2D eigenvalue weighted by Crippen LogP contribution is -2.00. The van der Waals surface area contributed by atoms with E-state index in [2.05, 4.69) is 185 Å². The highest BCUT2D eigenvalue weighted by molar-refractivity contribution is 6.18. The van der Waals surface area contributed by atoms with E-state index in [9.17, 15) is 0 Å². The van der Waals surface area contributed by atoms with Crippen LogP contribution in [0.25, 0.3) is 122 Å². The van der Waals surface area contributed by atoms with Gasteiger partial charge >= 0.3 is 0 Å². The first-order chi connectivity index (χ1) is 31.2. The first kappa shape index (κ1) is 35.2. The van der Waals surface area contributed by atoms with Crippen LogP contribution in [-0.2, 0) is 0 Å². The second kappa shape index (κ2) is 14.0. The van der Waals surface area contributed by atoms with Crippen LogP contribution in [0.1, 0.15) is 0 Å². The molecule has 4 heterocycles. The van der Waals surface area contributed by atoms with E-state index in [4.69, 9.17) is 19.4 Å². The van der Waals surface area contributed by atoms with Crippen molar-refractivity contribution in [2.75, 3.05) is 0 Å². The number of nitrogens with zero attached hydrogens (tertiary/aromatic N) is 5. The maximum absolute atomic E-state index is 6.76. The van der Waals surface area contributed by atoms with E-state index in [-0.39, 0.29) is 0 Å². The van der Waals surface area contributed by atoms with Crippen LogP contribution in [0.4, 0.5) is 0 Å². The third-order valence-corrected chi connectivity index (χ3v) is 12.4. The SMILES string of the molecule is c1ccc(-c2ccc(-c3nc(-c4ccccc4)nc(-c4ccc(-n5c6ccccc6c6cc7c(cc65)oc5cc(-n6c8ccccc8c8ccccc86)ccc57)cc4)n3)cc2)cc1. The van der Waals surface area contributed by atoms with E-state index in [0.717, 1.165) is 66.6 Å². The highest BCUT2D eigenvalue weighted by Crippen LogP contribution is 2.40. The Kier molecular flexibility index (Phi) is 7.80. The van der Waals surface area contributed by atoms with Crippen LogP contribution < -0.4 is 0 Å². The summed E-state index contributed by atoms with van der Waals surface area (Å²) in [6.07, 6.45) is 0. The molecule has 4 aromatic heterocycles. The normalized spacial score (nSPS) is 11.8. The second-order valence-electron chi connectivity index (χ2n) is 16.0. The number of benzene rings is 9. The summed E-state index contributed by atoms with van der Waals surface area (Å²) in [5, 5.41) is 7.02. The topological polar surface area (TPSA) is 61.7 Å². The predicted molar refractivity (Wildman–Crippen MR) is 258 cm³/mol. The molecule has 0 spiro atoms. The maximum atomic E-state index is 6.76. The van der Waals surface area contributed by atoms with Gasteiger partial charge in [0.15, 0.2) is 17.5 Å². The quantitative estimate of drug-likeness (QED) is 0.168. The van der Waals surface area contributed by atoms with Gasteiger partial charge in [-0.05, 0) is 71.8 Å². The zero-order valence-corrected chi connectivity index (χ0v) is 33.9. The van der Waals surface area contributed by atoms with E-state index in [0.29, 0.717) is 17.5 Å². The Balaban J connectivity index is 0.914. The molecule has 0 saturated heterocycles.